The van der Waals surface area contributed by atoms with E-state index in [1.54, 1.807) is 28.9 Å². The van der Waals surface area contributed by atoms with Gasteiger partial charge in [0.1, 0.15) is 11.6 Å². The fourth-order valence-corrected chi connectivity index (χ4v) is 6.42. The first-order chi connectivity index (χ1) is 17.9. The lowest BCUT2D eigenvalue weighted by Crippen LogP contribution is -2.58. The molecule has 2 bridgehead atoms. The van der Waals surface area contributed by atoms with Crippen LogP contribution in [0.15, 0.2) is 55.6 Å². The topological polar surface area (TPSA) is 90.4 Å². The van der Waals surface area contributed by atoms with Crippen molar-refractivity contribution in [2.24, 2.45) is 11.8 Å². The predicted octanol–water partition coefficient (Wildman–Crippen LogP) is 2.78. The highest BCUT2D eigenvalue weighted by Crippen LogP contribution is 2.59. The number of unbranched alkanes of at least 4 members (excludes halogenated alkanes) is 1. The first-order valence-corrected chi connectivity index (χ1v) is 13.3. The number of nitrogens with zero attached hydrogens (tertiary/aromatic N) is 3. The summed E-state index contributed by atoms with van der Waals surface area (Å²) in [5.74, 6) is -2.19. The van der Waals surface area contributed by atoms with Crippen molar-refractivity contribution in [3.05, 3.63) is 55.6 Å². The molecule has 0 radical (unpaired) electrons. The number of benzene rings is 1. The molecule has 1 aromatic carbocycles. The van der Waals surface area contributed by atoms with Gasteiger partial charge in [-0.1, -0.05) is 43.7 Å². The molecule has 1 spiro atoms. The number of amides is 3. The van der Waals surface area contributed by atoms with Gasteiger partial charge >= 0.3 is 0 Å². The molecule has 8 nitrogen and oxygen atoms in total. The Hall–Kier alpha value is -2.97. The molecule has 0 saturated carbocycles. The molecule has 3 saturated heterocycles. The normalized spacial score (nSPS) is 28.6. The molecule has 2 unspecified atom stereocenters. The van der Waals surface area contributed by atoms with Crippen molar-refractivity contribution in [1.82, 2.24) is 9.80 Å². The van der Waals surface area contributed by atoms with Crippen LogP contribution < -0.4 is 4.90 Å². The second kappa shape index (κ2) is 11.2. The molecule has 4 rings (SSSR count). The number of carbonyl (C=O) groups excluding carboxylic acids is 3. The first-order valence-electron chi connectivity index (χ1n) is 13.3. The molecule has 37 heavy (non-hydrogen) atoms. The lowest BCUT2D eigenvalue weighted by molar-refractivity contribution is -0.150. The zero-order valence-corrected chi connectivity index (χ0v) is 21.9. The molecule has 6 atom stereocenters. The van der Waals surface area contributed by atoms with Gasteiger partial charge in [0.05, 0.1) is 30.6 Å². The highest BCUT2D eigenvalue weighted by molar-refractivity contribution is 6.03. The van der Waals surface area contributed by atoms with Gasteiger partial charge in [-0.15, -0.1) is 13.2 Å². The number of para-hydroxylation sites is 1. The van der Waals surface area contributed by atoms with Crippen LogP contribution in [0.1, 0.15) is 39.5 Å². The maximum absolute atomic E-state index is 14.1. The Morgan fingerprint density at radius 3 is 2.54 bits per heavy atom. The minimum absolute atomic E-state index is 0.199. The Labute approximate surface area is 219 Å². The Morgan fingerprint density at radius 2 is 1.92 bits per heavy atom. The van der Waals surface area contributed by atoms with Gasteiger partial charge in [0.2, 0.25) is 17.7 Å². The Kier molecular flexibility index (Phi) is 8.19. The summed E-state index contributed by atoms with van der Waals surface area (Å²) in [6.45, 7) is 12.3. The average molecular weight is 510 g/mol. The predicted molar refractivity (Wildman–Crippen MR) is 142 cm³/mol. The molecule has 1 N–H and O–H groups in total. The minimum Gasteiger partial charge on any atom is -0.394 e. The van der Waals surface area contributed by atoms with E-state index in [4.69, 9.17) is 4.74 Å². The standard InChI is InChI=1S/C29H39N3O5/c1-5-8-18-30(16-6-2)28(36)25-29-15-14-22(37-29)23(24(29)27(35)32(25)20(4)19-33)26(34)31(17-7-3)21-12-10-9-11-13-21/h6-7,9-13,20,22-25,33H,2-3,5,8,14-19H2,1,4H3/t20-,22-,23+,24+,25?,29?/m1/s1. The number of fused-ring (bicyclic) bond motifs is 1. The second-order valence-corrected chi connectivity index (χ2v) is 10.3. The Bertz CT molecular complexity index is 1030. The van der Waals surface area contributed by atoms with E-state index in [-0.39, 0.29) is 24.3 Å². The third kappa shape index (κ3) is 4.50. The van der Waals surface area contributed by atoms with Crippen molar-refractivity contribution in [2.45, 2.75) is 63.3 Å². The largest absolute Gasteiger partial charge is 0.394 e. The van der Waals surface area contributed by atoms with Crippen LogP contribution in [0.2, 0.25) is 0 Å². The van der Waals surface area contributed by atoms with Gasteiger partial charge in [-0.2, -0.15) is 0 Å². The first kappa shape index (κ1) is 27.1. The van der Waals surface area contributed by atoms with Gasteiger partial charge < -0.3 is 24.5 Å². The van der Waals surface area contributed by atoms with Crippen molar-refractivity contribution in [3.63, 3.8) is 0 Å². The highest BCUT2D eigenvalue weighted by atomic mass is 16.5. The quantitative estimate of drug-likeness (QED) is 0.438. The summed E-state index contributed by atoms with van der Waals surface area (Å²) in [6, 6.07) is 7.84. The number of carbonyl (C=O) groups is 3. The van der Waals surface area contributed by atoms with Crippen molar-refractivity contribution in [3.8, 4) is 0 Å². The van der Waals surface area contributed by atoms with Gasteiger partial charge in [-0.3, -0.25) is 14.4 Å². The molecule has 3 aliphatic rings. The van der Waals surface area contributed by atoms with Crippen molar-refractivity contribution in [2.75, 3.05) is 31.1 Å². The summed E-state index contributed by atoms with van der Waals surface area (Å²) >= 11 is 0. The number of anilines is 1. The molecule has 1 aromatic rings. The molecule has 3 fully saturated rings. The molecule has 3 aliphatic heterocycles. The fraction of sp³-hybridized carbons (Fsp3) is 0.552. The van der Waals surface area contributed by atoms with Crippen LogP contribution in [0.4, 0.5) is 5.69 Å². The molecule has 0 aliphatic carbocycles. The molecule has 3 amide bonds. The lowest BCUT2D eigenvalue weighted by atomic mass is 9.70. The summed E-state index contributed by atoms with van der Waals surface area (Å²) < 4.78 is 6.55. The molecule has 0 aromatic heterocycles. The second-order valence-electron chi connectivity index (χ2n) is 10.3. The number of aliphatic hydroxyl groups excluding tert-OH is 1. The van der Waals surface area contributed by atoms with Gasteiger partial charge in [-0.05, 0) is 38.3 Å². The number of hydrogen-bond acceptors (Lipinski definition) is 5. The number of rotatable bonds is 12. The van der Waals surface area contributed by atoms with Crippen LogP contribution in [-0.4, -0.2) is 82.7 Å². The van der Waals surface area contributed by atoms with Crippen molar-refractivity contribution >= 4 is 23.4 Å². The van der Waals surface area contributed by atoms with E-state index in [9.17, 15) is 19.5 Å². The number of ether oxygens (including phenoxy) is 1. The van der Waals surface area contributed by atoms with Gasteiger partial charge in [0.15, 0.2) is 0 Å². The molecule has 200 valence electrons. The van der Waals surface area contributed by atoms with Crippen LogP contribution in [0, 0.1) is 11.8 Å². The Morgan fingerprint density at radius 1 is 1.22 bits per heavy atom. The third-order valence-electron chi connectivity index (χ3n) is 8.08. The fourth-order valence-electron chi connectivity index (χ4n) is 6.42. The maximum Gasteiger partial charge on any atom is 0.248 e. The van der Waals surface area contributed by atoms with E-state index in [1.165, 1.54) is 4.90 Å². The van der Waals surface area contributed by atoms with Crippen molar-refractivity contribution in [1.29, 1.82) is 0 Å². The summed E-state index contributed by atoms with van der Waals surface area (Å²) in [7, 11) is 0. The summed E-state index contributed by atoms with van der Waals surface area (Å²) in [5, 5.41) is 10.0. The number of likely N-dealkylation sites (tertiary alicyclic amines) is 1. The van der Waals surface area contributed by atoms with Crippen LogP contribution >= 0.6 is 0 Å². The summed E-state index contributed by atoms with van der Waals surface area (Å²) in [5.41, 5.74) is -0.371. The highest BCUT2D eigenvalue weighted by Gasteiger charge is 2.75. The third-order valence-corrected chi connectivity index (χ3v) is 8.08. The van der Waals surface area contributed by atoms with Crippen LogP contribution in [0.3, 0.4) is 0 Å². The number of hydrogen-bond donors (Lipinski definition) is 1. The molecular weight excluding hydrogens is 470 g/mol. The molecular formula is C29H39N3O5. The SMILES string of the molecule is C=CCN(CCCC)C(=O)C1N([C@H](C)CO)C(=O)[C@@H]2[C@@H](C(=O)N(CC=C)c3ccccc3)[C@H]3CCC12O3. The van der Waals surface area contributed by atoms with Crippen LogP contribution in [0.25, 0.3) is 0 Å². The smallest absolute Gasteiger partial charge is 0.248 e. The molecule has 8 heteroatoms. The van der Waals surface area contributed by atoms with E-state index in [0.29, 0.717) is 32.5 Å². The number of aliphatic hydroxyl groups is 1. The minimum atomic E-state index is -1.09. The zero-order valence-electron chi connectivity index (χ0n) is 21.9. The van der Waals surface area contributed by atoms with E-state index in [0.717, 1.165) is 18.5 Å². The average Bonchev–Trinajstić information content (AvgIpc) is 3.56. The van der Waals surface area contributed by atoms with Gasteiger partial charge in [0, 0.05) is 25.3 Å². The lowest BCUT2D eigenvalue weighted by Gasteiger charge is -2.38. The Balaban J connectivity index is 1.74. The van der Waals surface area contributed by atoms with E-state index < -0.39 is 35.6 Å². The zero-order chi connectivity index (χ0) is 26.7. The monoisotopic (exact) mass is 509 g/mol. The van der Waals surface area contributed by atoms with Crippen LogP contribution in [0.5, 0.6) is 0 Å². The summed E-state index contributed by atoms with van der Waals surface area (Å²) in [6.07, 6.45) is 5.77. The van der Waals surface area contributed by atoms with E-state index in [1.807, 2.05) is 30.3 Å². The van der Waals surface area contributed by atoms with E-state index >= 15 is 0 Å². The summed E-state index contributed by atoms with van der Waals surface area (Å²) in [4.78, 5) is 47.1. The van der Waals surface area contributed by atoms with Gasteiger partial charge in [-0.25, -0.2) is 0 Å². The maximum atomic E-state index is 14.1. The van der Waals surface area contributed by atoms with Crippen LogP contribution in [-0.2, 0) is 19.1 Å². The molecule has 3 heterocycles. The van der Waals surface area contributed by atoms with Gasteiger partial charge in [0.25, 0.3) is 0 Å². The van der Waals surface area contributed by atoms with E-state index in [2.05, 4.69) is 20.1 Å². The van der Waals surface area contributed by atoms with Crippen molar-refractivity contribution < 1.29 is 24.2 Å².